The highest BCUT2D eigenvalue weighted by Crippen LogP contribution is 2.39. The maximum atomic E-state index is 13.5. The Bertz CT molecular complexity index is 1370. The second kappa shape index (κ2) is 9.22. The molecule has 0 aliphatic rings. The maximum Gasteiger partial charge on any atom is 0.417 e. The molecule has 0 unspecified atom stereocenters. The predicted octanol–water partition coefficient (Wildman–Crippen LogP) is 6.26. The standard InChI is InChI=1S/C24H19F3N2O4S/c1-31-14-5-8-16(18(11-14)24(25,26)27)22(30)28-13-4-7-17(20(10-13)33-3)23-29-19-9-6-15(32-2)12-21(19)34-23/h4-12H,1-3H3,(H,28,30). The summed E-state index contributed by atoms with van der Waals surface area (Å²) in [6.45, 7) is 0. The summed E-state index contributed by atoms with van der Waals surface area (Å²) in [5, 5.41) is 3.20. The summed E-state index contributed by atoms with van der Waals surface area (Å²) in [6.07, 6.45) is -4.72. The summed E-state index contributed by atoms with van der Waals surface area (Å²) in [4.78, 5) is 17.3. The van der Waals surface area contributed by atoms with Crippen molar-refractivity contribution < 1.29 is 32.2 Å². The molecule has 1 aromatic heterocycles. The lowest BCUT2D eigenvalue weighted by atomic mass is 10.1. The zero-order chi connectivity index (χ0) is 24.5. The largest absolute Gasteiger partial charge is 0.497 e. The molecule has 0 atom stereocenters. The number of thiazole rings is 1. The number of nitrogens with zero attached hydrogens (tertiary/aromatic N) is 1. The zero-order valence-corrected chi connectivity index (χ0v) is 19.1. The molecule has 176 valence electrons. The summed E-state index contributed by atoms with van der Waals surface area (Å²) in [6, 6.07) is 13.5. The lowest BCUT2D eigenvalue weighted by Crippen LogP contribution is -2.19. The van der Waals surface area contributed by atoms with Gasteiger partial charge in [0.05, 0.1) is 48.2 Å². The summed E-state index contributed by atoms with van der Waals surface area (Å²) in [5.74, 6) is 0.222. The van der Waals surface area contributed by atoms with E-state index >= 15 is 0 Å². The summed E-state index contributed by atoms with van der Waals surface area (Å²) in [5.41, 5.74) is 0.145. The first-order valence-electron chi connectivity index (χ1n) is 9.93. The van der Waals surface area contributed by atoms with Crippen LogP contribution in [0.4, 0.5) is 18.9 Å². The molecule has 0 saturated carbocycles. The highest BCUT2D eigenvalue weighted by molar-refractivity contribution is 7.21. The number of amides is 1. The number of halogens is 3. The lowest BCUT2D eigenvalue weighted by molar-refractivity contribution is -0.138. The molecule has 0 saturated heterocycles. The molecular formula is C24H19F3N2O4S. The van der Waals surface area contributed by atoms with Gasteiger partial charge in [0, 0.05) is 11.8 Å². The molecule has 1 N–H and O–H groups in total. The number of ether oxygens (including phenoxy) is 3. The number of carbonyl (C=O) groups is 1. The minimum absolute atomic E-state index is 0.00310. The molecular weight excluding hydrogens is 469 g/mol. The molecule has 0 fully saturated rings. The minimum atomic E-state index is -4.72. The van der Waals surface area contributed by atoms with Gasteiger partial charge in [0.15, 0.2) is 0 Å². The molecule has 0 radical (unpaired) electrons. The van der Waals surface area contributed by atoms with Gasteiger partial charge in [-0.05, 0) is 48.5 Å². The number of hydrogen-bond acceptors (Lipinski definition) is 6. The van der Waals surface area contributed by atoms with Crippen LogP contribution < -0.4 is 19.5 Å². The van der Waals surface area contributed by atoms with E-state index in [4.69, 9.17) is 14.2 Å². The van der Waals surface area contributed by atoms with E-state index in [1.807, 2.05) is 18.2 Å². The SMILES string of the molecule is COc1ccc(C(=O)Nc2ccc(-c3nc4ccc(OC)cc4s3)c(OC)c2)c(C(F)(F)F)c1. The zero-order valence-electron chi connectivity index (χ0n) is 18.3. The Labute approximate surface area is 196 Å². The summed E-state index contributed by atoms with van der Waals surface area (Å²) < 4.78 is 57.0. The monoisotopic (exact) mass is 488 g/mol. The van der Waals surface area contributed by atoms with Crippen LogP contribution in [0.3, 0.4) is 0 Å². The quantitative estimate of drug-likeness (QED) is 0.347. The number of nitrogens with one attached hydrogen (secondary N) is 1. The predicted molar refractivity (Wildman–Crippen MR) is 124 cm³/mol. The topological polar surface area (TPSA) is 69.7 Å². The lowest BCUT2D eigenvalue weighted by Gasteiger charge is -2.15. The van der Waals surface area contributed by atoms with Gasteiger partial charge in [-0.3, -0.25) is 4.79 Å². The summed E-state index contributed by atoms with van der Waals surface area (Å²) >= 11 is 1.44. The van der Waals surface area contributed by atoms with Crippen LogP contribution in [0.15, 0.2) is 54.6 Å². The molecule has 4 rings (SSSR count). The Morgan fingerprint density at radius 2 is 1.62 bits per heavy atom. The van der Waals surface area contributed by atoms with E-state index in [9.17, 15) is 18.0 Å². The van der Waals surface area contributed by atoms with Crippen molar-refractivity contribution in [3.8, 4) is 27.8 Å². The fourth-order valence-corrected chi connectivity index (χ4v) is 4.40. The number of hydrogen-bond donors (Lipinski definition) is 1. The highest BCUT2D eigenvalue weighted by Gasteiger charge is 2.35. The number of methoxy groups -OCH3 is 3. The third-order valence-electron chi connectivity index (χ3n) is 5.06. The Hall–Kier alpha value is -3.79. The number of rotatable bonds is 6. The van der Waals surface area contributed by atoms with Crippen LogP contribution in [-0.2, 0) is 6.18 Å². The van der Waals surface area contributed by atoms with Crippen LogP contribution in [-0.4, -0.2) is 32.2 Å². The fourth-order valence-electron chi connectivity index (χ4n) is 3.37. The molecule has 1 heterocycles. The van der Waals surface area contributed by atoms with Crippen LogP contribution in [0.2, 0.25) is 0 Å². The molecule has 4 aromatic rings. The van der Waals surface area contributed by atoms with Crippen LogP contribution in [0.1, 0.15) is 15.9 Å². The van der Waals surface area contributed by atoms with Crippen LogP contribution in [0, 0.1) is 0 Å². The Morgan fingerprint density at radius 1 is 0.912 bits per heavy atom. The van der Waals surface area contributed by atoms with E-state index in [2.05, 4.69) is 10.3 Å². The van der Waals surface area contributed by atoms with Crippen molar-refractivity contribution in [2.75, 3.05) is 26.6 Å². The Morgan fingerprint density at radius 3 is 2.29 bits per heavy atom. The molecule has 6 nitrogen and oxygen atoms in total. The number of carbonyl (C=O) groups excluding carboxylic acids is 1. The van der Waals surface area contributed by atoms with Gasteiger partial charge in [-0.15, -0.1) is 11.3 Å². The maximum absolute atomic E-state index is 13.5. The highest BCUT2D eigenvalue weighted by atomic mass is 32.1. The Balaban J connectivity index is 1.65. The minimum Gasteiger partial charge on any atom is -0.497 e. The molecule has 0 spiro atoms. The van der Waals surface area contributed by atoms with Crippen molar-refractivity contribution in [2.45, 2.75) is 6.18 Å². The molecule has 34 heavy (non-hydrogen) atoms. The van der Waals surface area contributed by atoms with Crippen LogP contribution in [0.5, 0.6) is 17.2 Å². The molecule has 3 aromatic carbocycles. The van der Waals surface area contributed by atoms with E-state index in [0.717, 1.165) is 22.3 Å². The van der Waals surface area contributed by atoms with Crippen LogP contribution in [0.25, 0.3) is 20.8 Å². The van der Waals surface area contributed by atoms with E-state index in [-0.39, 0.29) is 11.4 Å². The molecule has 0 bridgehead atoms. The Kier molecular flexibility index (Phi) is 6.34. The van der Waals surface area contributed by atoms with E-state index in [0.29, 0.717) is 22.1 Å². The average Bonchev–Trinajstić information content (AvgIpc) is 3.25. The number of aromatic nitrogens is 1. The van der Waals surface area contributed by atoms with Crippen molar-refractivity contribution in [1.82, 2.24) is 4.98 Å². The van der Waals surface area contributed by atoms with Crippen molar-refractivity contribution in [1.29, 1.82) is 0 Å². The average molecular weight is 488 g/mol. The van der Waals surface area contributed by atoms with Crippen molar-refractivity contribution in [2.24, 2.45) is 0 Å². The number of benzene rings is 3. The van der Waals surface area contributed by atoms with Gasteiger partial charge in [-0.2, -0.15) is 13.2 Å². The molecule has 0 aliphatic heterocycles. The van der Waals surface area contributed by atoms with Gasteiger partial charge in [-0.25, -0.2) is 4.98 Å². The second-order valence-corrected chi connectivity index (χ2v) is 8.16. The second-order valence-electron chi connectivity index (χ2n) is 7.13. The van der Waals surface area contributed by atoms with Crippen molar-refractivity contribution in [3.05, 3.63) is 65.7 Å². The first-order chi connectivity index (χ1) is 16.2. The van der Waals surface area contributed by atoms with Gasteiger partial charge in [0.1, 0.15) is 22.3 Å². The molecule has 10 heteroatoms. The van der Waals surface area contributed by atoms with Crippen LogP contribution >= 0.6 is 11.3 Å². The first-order valence-corrected chi connectivity index (χ1v) is 10.7. The summed E-state index contributed by atoms with van der Waals surface area (Å²) in [7, 11) is 4.31. The third-order valence-corrected chi connectivity index (χ3v) is 6.11. The van der Waals surface area contributed by atoms with Crippen molar-refractivity contribution >= 4 is 33.1 Å². The third kappa shape index (κ3) is 4.62. The smallest absolute Gasteiger partial charge is 0.417 e. The molecule has 0 aliphatic carbocycles. The van der Waals surface area contributed by atoms with Gasteiger partial charge >= 0.3 is 6.18 Å². The van der Waals surface area contributed by atoms with Gasteiger partial charge in [-0.1, -0.05) is 0 Å². The van der Waals surface area contributed by atoms with Crippen molar-refractivity contribution in [3.63, 3.8) is 0 Å². The first kappa shape index (κ1) is 23.4. The van der Waals surface area contributed by atoms with E-state index < -0.39 is 23.2 Å². The fraction of sp³-hybridized carbons (Fsp3) is 0.167. The number of anilines is 1. The normalized spacial score (nSPS) is 11.4. The van der Waals surface area contributed by atoms with Gasteiger partial charge in [0.25, 0.3) is 5.91 Å². The number of fused-ring (bicyclic) bond motifs is 1. The van der Waals surface area contributed by atoms with Gasteiger partial charge < -0.3 is 19.5 Å². The van der Waals surface area contributed by atoms with Gasteiger partial charge in [0.2, 0.25) is 0 Å². The van der Waals surface area contributed by atoms with E-state index in [1.165, 1.54) is 37.7 Å². The van der Waals surface area contributed by atoms with E-state index in [1.54, 1.807) is 19.2 Å². The number of alkyl halides is 3. The molecule has 1 amide bonds.